The van der Waals surface area contributed by atoms with Crippen molar-refractivity contribution in [2.24, 2.45) is 0 Å². The molecule has 0 aliphatic carbocycles. The molecule has 2 heterocycles. The molecule has 2 aromatic heterocycles. The van der Waals surface area contributed by atoms with Crippen LogP contribution in [0, 0.1) is 11.6 Å². The maximum Gasteiger partial charge on any atom is 0.247 e. The minimum Gasteiger partial charge on any atom is -0.419 e. The van der Waals surface area contributed by atoms with E-state index in [1.807, 2.05) is 0 Å². The van der Waals surface area contributed by atoms with Crippen LogP contribution in [0.1, 0.15) is 5.89 Å². The third-order valence-corrected chi connectivity index (χ3v) is 3.48. The number of fused-ring (bicyclic) bond motifs is 1. The van der Waals surface area contributed by atoms with Gasteiger partial charge in [0, 0.05) is 5.56 Å². The monoisotopic (exact) mass is 312 g/mol. The van der Waals surface area contributed by atoms with E-state index in [4.69, 9.17) is 4.42 Å². The lowest BCUT2D eigenvalue weighted by Crippen LogP contribution is -2.01. The highest BCUT2D eigenvalue weighted by molar-refractivity contribution is 5.79. The Morgan fingerprint density at radius 2 is 1.83 bits per heavy atom. The Morgan fingerprint density at radius 1 is 1.00 bits per heavy atom. The molecule has 7 heteroatoms. The predicted molar refractivity (Wildman–Crippen MR) is 78.5 cm³/mol. The molecular formula is C16H10F2N4O. The van der Waals surface area contributed by atoms with Crippen molar-refractivity contribution in [1.82, 2.24) is 20.0 Å². The molecule has 0 radical (unpaired) electrons. The van der Waals surface area contributed by atoms with Gasteiger partial charge < -0.3 is 4.42 Å². The molecule has 0 bridgehead atoms. The van der Waals surface area contributed by atoms with Crippen LogP contribution in [0.15, 0.2) is 53.1 Å². The Bertz CT molecular complexity index is 975. The SMILES string of the molecule is Fc1ccc(-c2nnc(Cn3ncc4c(F)cccc43)o2)cc1. The van der Waals surface area contributed by atoms with Crippen LogP contribution in [-0.2, 0) is 6.54 Å². The Labute approximate surface area is 129 Å². The van der Waals surface area contributed by atoms with Gasteiger partial charge in [0.25, 0.3) is 0 Å². The Hall–Kier alpha value is -3.09. The summed E-state index contributed by atoms with van der Waals surface area (Å²) in [5, 5.41) is 12.5. The van der Waals surface area contributed by atoms with Gasteiger partial charge in [0.2, 0.25) is 11.8 Å². The molecule has 23 heavy (non-hydrogen) atoms. The first-order chi connectivity index (χ1) is 11.2. The maximum atomic E-state index is 13.7. The standard InChI is InChI=1S/C16H10F2N4O/c17-11-6-4-10(5-7-11)16-21-20-15(23-16)9-22-14-3-1-2-13(18)12(14)8-19-22/h1-8H,9H2. The van der Waals surface area contributed by atoms with Gasteiger partial charge in [0.05, 0.1) is 17.1 Å². The summed E-state index contributed by atoms with van der Waals surface area (Å²) in [5.41, 5.74) is 1.27. The van der Waals surface area contributed by atoms with Gasteiger partial charge in [-0.3, -0.25) is 4.68 Å². The molecule has 2 aromatic carbocycles. The maximum absolute atomic E-state index is 13.7. The van der Waals surface area contributed by atoms with E-state index >= 15 is 0 Å². The second-order valence-electron chi connectivity index (χ2n) is 4.98. The number of benzene rings is 2. The molecule has 0 atom stereocenters. The fourth-order valence-corrected chi connectivity index (χ4v) is 2.35. The highest BCUT2D eigenvalue weighted by atomic mass is 19.1. The number of rotatable bonds is 3. The Morgan fingerprint density at radius 3 is 2.65 bits per heavy atom. The summed E-state index contributed by atoms with van der Waals surface area (Å²) in [6, 6.07) is 10.5. The van der Waals surface area contributed by atoms with Crippen molar-refractivity contribution in [3.05, 3.63) is 66.2 Å². The summed E-state index contributed by atoms with van der Waals surface area (Å²) in [6.07, 6.45) is 1.46. The summed E-state index contributed by atoms with van der Waals surface area (Å²) in [4.78, 5) is 0. The van der Waals surface area contributed by atoms with Crippen molar-refractivity contribution < 1.29 is 13.2 Å². The van der Waals surface area contributed by atoms with Crippen LogP contribution in [0.25, 0.3) is 22.4 Å². The topological polar surface area (TPSA) is 56.7 Å². The summed E-state index contributed by atoms with van der Waals surface area (Å²) in [6.45, 7) is 0.223. The average molecular weight is 312 g/mol. The van der Waals surface area contributed by atoms with Gasteiger partial charge >= 0.3 is 0 Å². The summed E-state index contributed by atoms with van der Waals surface area (Å²) in [7, 11) is 0. The molecule has 0 saturated carbocycles. The number of hydrogen-bond donors (Lipinski definition) is 0. The van der Waals surface area contributed by atoms with Gasteiger partial charge in [-0.25, -0.2) is 8.78 Å². The zero-order valence-corrected chi connectivity index (χ0v) is 11.8. The van der Waals surface area contributed by atoms with Crippen LogP contribution in [0.2, 0.25) is 0 Å². The molecule has 0 spiro atoms. The van der Waals surface area contributed by atoms with Crippen molar-refractivity contribution in [2.45, 2.75) is 6.54 Å². The third kappa shape index (κ3) is 2.46. The van der Waals surface area contributed by atoms with Crippen LogP contribution in [0.5, 0.6) is 0 Å². The summed E-state index contributed by atoms with van der Waals surface area (Å²) >= 11 is 0. The highest BCUT2D eigenvalue weighted by Crippen LogP contribution is 2.20. The fraction of sp³-hybridized carbons (Fsp3) is 0.0625. The van der Waals surface area contributed by atoms with Gasteiger partial charge in [-0.1, -0.05) is 6.07 Å². The minimum absolute atomic E-state index is 0.223. The third-order valence-electron chi connectivity index (χ3n) is 3.48. The van der Waals surface area contributed by atoms with Gasteiger partial charge in [0.1, 0.15) is 18.2 Å². The Kier molecular flexibility index (Phi) is 3.11. The molecule has 4 aromatic rings. The molecule has 5 nitrogen and oxygen atoms in total. The van der Waals surface area contributed by atoms with E-state index in [1.165, 1.54) is 24.4 Å². The van der Waals surface area contributed by atoms with Gasteiger partial charge in [-0.05, 0) is 36.4 Å². The van der Waals surface area contributed by atoms with E-state index in [9.17, 15) is 8.78 Å². The normalized spacial score (nSPS) is 11.2. The Balaban J connectivity index is 1.64. The van der Waals surface area contributed by atoms with Gasteiger partial charge in [-0.2, -0.15) is 5.10 Å². The molecule has 0 aliphatic rings. The largest absolute Gasteiger partial charge is 0.419 e. The smallest absolute Gasteiger partial charge is 0.247 e. The van der Waals surface area contributed by atoms with Crippen molar-refractivity contribution in [1.29, 1.82) is 0 Å². The van der Waals surface area contributed by atoms with Gasteiger partial charge in [0.15, 0.2) is 0 Å². The van der Waals surface area contributed by atoms with E-state index < -0.39 is 0 Å². The number of aromatic nitrogens is 4. The molecule has 0 unspecified atom stereocenters. The molecule has 4 rings (SSSR count). The number of hydrogen-bond acceptors (Lipinski definition) is 4. The number of halogens is 2. The molecule has 0 N–H and O–H groups in total. The van der Waals surface area contributed by atoms with E-state index in [0.717, 1.165) is 0 Å². The van der Waals surface area contributed by atoms with E-state index in [0.29, 0.717) is 28.2 Å². The minimum atomic E-state index is -0.335. The lowest BCUT2D eigenvalue weighted by atomic mass is 10.2. The van der Waals surface area contributed by atoms with Crippen LogP contribution >= 0.6 is 0 Å². The van der Waals surface area contributed by atoms with Crippen LogP contribution in [-0.4, -0.2) is 20.0 Å². The average Bonchev–Trinajstić information content (AvgIpc) is 3.17. The number of nitrogens with zero attached hydrogens (tertiary/aromatic N) is 4. The molecular weight excluding hydrogens is 302 g/mol. The van der Waals surface area contributed by atoms with Crippen molar-refractivity contribution in [3.63, 3.8) is 0 Å². The molecule has 114 valence electrons. The first-order valence-corrected chi connectivity index (χ1v) is 6.89. The molecule has 0 saturated heterocycles. The van der Waals surface area contributed by atoms with Gasteiger partial charge in [-0.15, -0.1) is 10.2 Å². The summed E-state index contributed by atoms with van der Waals surface area (Å²) in [5.74, 6) is -0.0361. The van der Waals surface area contributed by atoms with Crippen LogP contribution in [0.3, 0.4) is 0 Å². The molecule has 0 fully saturated rings. The quantitative estimate of drug-likeness (QED) is 0.582. The van der Waals surface area contributed by atoms with E-state index in [1.54, 1.807) is 28.9 Å². The first-order valence-electron chi connectivity index (χ1n) is 6.89. The zero-order chi connectivity index (χ0) is 15.8. The lowest BCUT2D eigenvalue weighted by molar-refractivity contribution is 0.478. The van der Waals surface area contributed by atoms with Crippen LogP contribution in [0.4, 0.5) is 8.78 Å². The van der Waals surface area contributed by atoms with Crippen molar-refractivity contribution in [2.75, 3.05) is 0 Å². The van der Waals surface area contributed by atoms with Crippen molar-refractivity contribution >= 4 is 10.9 Å². The zero-order valence-electron chi connectivity index (χ0n) is 11.8. The van der Waals surface area contributed by atoms with Crippen LogP contribution < -0.4 is 0 Å². The predicted octanol–water partition coefficient (Wildman–Crippen LogP) is 3.41. The highest BCUT2D eigenvalue weighted by Gasteiger charge is 2.12. The lowest BCUT2D eigenvalue weighted by Gasteiger charge is -1.99. The van der Waals surface area contributed by atoms with E-state index in [2.05, 4.69) is 15.3 Å². The summed E-state index contributed by atoms with van der Waals surface area (Å²) < 4.78 is 33.7. The van der Waals surface area contributed by atoms with E-state index in [-0.39, 0.29) is 18.2 Å². The fourth-order valence-electron chi connectivity index (χ4n) is 2.35. The first kappa shape index (κ1) is 13.6. The molecule has 0 amide bonds. The van der Waals surface area contributed by atoms with Crippen molar-refractivity contribution in [3.8, 4) is 11.5 Å². The molecule has 0 aliphatic heterocycles. The second kappa shape index (κ2) is 5.28. The second-order valence-corrected chi connectivity index (χ2v) is 4.98.